The van der Waals surface area contributed by atoms with Crippen molar-refractivity contribution < 1.29 is 18.8 Å². The van der Waals surface area contributed by atoms with E-state index in [0.717, 1.165) is 36.3 Å². The molecule has 0 radical (unpaired) electrons. The summed E-state index contributed by atoms with van der Waals surface area (Å²) in [5.74, 6) is 1.33. The van der Waals surface area contributed by atoms with E-state index in [2.05, 4.69) is 22.8 Å². The summed E-state index contributed by atoms with van der Waals surface area (Å²) in [6.45, 7) is 0.721. The Morgan fingerprint density at radius 3 is 2.67 bits per heavy atom. The van der Waals surface area contributed by atoms with Gasteiger partial charge in [0.2, 0.25) is 0 Å². The van der Waals surface area contributed by atoms with E-state index in [1.807, 2.05) is 18.2 Å². The van der Waals surface area contributed by atoms with Crippen molar-refractivity contribution in [3.63, 3.8) is 0 Å². The summed E-state index contributed by atoms with van der Waals surface area (Å²) in [5.41, 5.74) is 6.81. The number of carbonyl (C=O) groups is 1. The van der Waals surface area contributed by atoms with E-state index in [-0.39, 0.29) is 16.6 Å². The SMILES string of the molecule is COC(=O)c1ccc2c(C3CCCCC3)c3n(c2c1)CC1(SO)CC1c1cc(OC)ccc1-3. The van der Waals surface area contributed by atoms with Crippen LogP contribution in [-0.4, -0.2) is 34.1 Å². The predicted molar refractivity (Wildman–Crippen MR) is 131 cm³/mol. The number of hydrogen-bond acceptors (Lipinski definition) is 5. The third-order valence-electron chi connectivity index (χ3n) is 8.06. The number of aromatic nitrogens is 1. The number of nitrogens with zero attached hydrogens (tertiary/aromatic N) is 1. The molecule has 1 aliphatic heterocycles. The van der Waals surface area contributed by atoms with E-state index in [0.29, 0.717) is 11.5 Å². The quantitative estimate of drug-likeness (QED) is 0.349. The molecule has 6 heteroatoms. The second-order valence-electron chi connectivity index (χ2n) is 9.77. The molecular formula is C27H29NO4S. The number of carbonyl (C=O) groups excluding carboxylic acids is 1. The highest BCUT2D eigenvalue weighted by Crippen LogP contribution is 2.65. The smallest absolute Gasteiger partial charge is 0.337 e. The fourth-order valence-electron chi connectivity index (χ4n) is 6.30. The molecule has 2 atom stereocenters. The standard InChI is InChI=1S/C27H29NO4S/c1-31-18-9-11-19-21(13-18)22-14-27(22,33-30)15-28-23-12-17(26(29)32-2)8-10-20(23)24(25(19)28)16-6-4-3-5-7-16/h8-13,16,22,30H,3-7,14-15H2,1-2H3. The fraction of sp³-hybridized carbons (Fsp3) is 0.444. The highest BCUT2D eigenvalue weighted by atomic mass is 32.2. The molecule has 2 heterocycles. The van der Waals surface area contributed by atoms with Gasteiger partial charge in [0, 0.05) is 28.9 Å². The van der Waals surface area contributed by atoms with Crippen LogP contribution in [0, 0.1) is 0 Å². The van der Waals surface area contributed by atoms with Crippen LogP contribution < -0.4 is 4.74 Å². The molecule has 0 spiro atoms. The Balaban J connectivity index is 1.67. The summed E-state index contributed by atoms with van der Waals surface area (Å²) >= 11 is 0.991. The minimum absolute atomic E-state index is 0.247. The van der Waals surface area contributed by atoms with Crippen LogP contribution in [0.25, 0.3) is 22.2 Å². The molecule has 2 saturated carbocycles. The Morgan fingerprint density at radius 2 is 1.94 bits per heavy atom. The first-order valence-electron chi connectivity index (χ1n) is 11.9. The first-order valence-corrected chi connectivity index (χ1v) is 12.6. The van der Waals surface area contributed by atoms with Gasteiger partial charge in [-0.15, -0.1) is 0 Å². The summed E-state index contributed by atoms with van der Waals surface area (Å²) in [6.07, 6.45) is 7.14. The third-order valence-corrected chi connectivity index (χ3v) is 9.00. The van der Waals surface area contributed by atoms with E-state index >= 15 is 0 Å². The van der Waals surface area contributed by atoms with Gasteiger partial charge in [-0.25, -0.2) is 4.79 Å². The largest absolute Gasteiger partial charge is 0.497 e. The van der Waals surface area contributed by atoms with E-state index in [4.69, 9.17) is 9.47 Å². The van der Waals surface area contributed by atoms with Gasteiger partial charge >= 0.3 is 5.97 Å². The summed E-state index contributed by atoms with van der Waals surface area (Å²) < 4.78 is 23.1. The van der Waals surface area contributed by atoms with Crippen molar-refractivity contribution >= 4 is 28.9 Å². The zero-order valence-electron chi connectivity index (χ0n) is 19.1. The third kappa shape index (κ3) is 3.14. The van der Waals surface area contributed by atoms with E-state index < -0.39 is 0 Å². The molecule has 172 valence electrons. The Morgan fingerprint density at radius 1 is 1.12 bits per heavy atom. The molecule has 6 rings (SSSR count). The van der Waals surface area contributed by atoms with Crippen molar-refractivity contribution in [3.05, 3.63) is 53.1 Å². The number of fused-ring (bicyclic) bond motifs is 7. The van der Waals surface area contributed by atoms with Crippen molar-refractivity contribution in [3.8, 4) is 17.0 Å². The van der Waals surface area contributed by atoms with Crippen LogP contribution in [0.3, 0.4) is 0 Å². The van der Waals surface area contributed by atoms with Crippen molar-refractivity contribution in [2.45, 2.75) is 61.7 Å². The molecule has 0 saturated heterocycles. The van der Waals surface area contributed by atoms with Gasteiger partial charge in [0.1, 0.15) is 5.75 Å². The van der Waals surface area contributed by atoms with Crippen molar-refractivity contribution in [1.82, 2.24) is 4.57 Å². The second kappa shape index (κ2) is 7.81. The molecule has 33 heavy (non-hydrogen) atoms. The molecule has 2 aliphatic carbocycles. The summed E-state index contributed by atoms with van der Waals surface area (Å²) in [6, 6.07) is 12.4. The molecule has 2 fully saturated rings. The molecule has 5 nitrogen and oxygen atoms in total. The zero-order valence-corrected chi connectivity index (χ0v) is 19.9. The van der Waals surface area contributed by atoms with Gasteiger partial charge in [-0.05, 0) is 78.7 Å². The number of methoxy groups -OCH3 is 2. The highest BCUT2D eigenvalue weighted by molar-refractivity contribution is 7.95. The monoisotopic (exact) mass is 463 g/mol. The Hall–Kier alpha value is -2.44. The van der Waals surface area contributed by atoms with Crippen LogP contribution in [0.1, 0.15) is 71.8 Å². The molecule has 0 bridgehead atoms. The lowest BCUT2D eigenvalue weighted by Gasteiger charge is -2.24. The van der Waals surface area contributed by atoms with Crippen LogP contribution in [-0.2, 0) is 11.3 Å². The van der Waals surface area contributed by atoms with E-state index in [1.165, 1.54) is 67.0 Å². The van der Waals surface area contributed by atoms with Gasteiger partial charge in [0.15, 0.2) is 0 Å². The average molecular weight is 464 g/mol. The molecule has 1 N–H and O–H groups in total. The summed E-state index contributed by atoms with van der Waals surface area (Å²) in [5, 5.41) is 1.23. The minimum Gasteiger partial charge on any atom is -0.497 e. The van der Waals surface area contributed by atoms with Crippen LogP contribution in [0.5, 0.6) is 5.75 Å². The van der Waals surface area contributed by atoms with E-state index in [9.17, 15) is 9.35 Å². The Kier molecular flexibility index (Phi) is 5.00. The number of esters is 1. The maximum Gasteiger partial charge on any atom is 0.337 e. The van der Waals surface area contributed by atoms with Crippen LogP contribution in [0.4, 0.5) is 0 Å². The topological polar surface area (TPSA) is 60.7 Å². The van der Waals surface area contributed by atoms with Gasteiger partial charge in [-0.3, -0.25) is 0 Å². The normalized spacial score (nSPS) is 23.9. The van der Waals surface area contributed by atoms with Crippen LogP contribution >= 0.6 is 12.0 Å². The first-order chi connectivity index (χ1) is 16.1. The van der Waals surface area contributed by atoms with Gasteiger partial charge in [-0.1, -0.05) is 25.3 Å². The highest BCUT2D eigenvalue weighted by Gasteiger charge is 2.59. The molecule has 2 aromatic carbocycles. The minimum atomic E-state index is -0.319. The molecule has 3 aromatic rings. The average Bonchev–Trinajstić information content (AvgIpc) is 3.53. The maximum atomic E-state index is 12.4. The fourth-order valence-corrected chi connectivity index (χ4v) is 6.99. The Labute approximate surface area is 198 Å². The number of hydrogen-bond donors (Lipinski definition) is 1. The van der Waals surface area contributed by atoms with Gasteiger partial charge in [0.05, 0.1) is 30.2 Å². The molecular weight excluding hydrogens is 434 g/mol. The molecule has 1 aromatic heterocycles. The first kappa shape index (κ1) is 21.1. The lowest BCUT2D eigenvalue weighted by molar-refractivity contribution is 0.0601. The van der Waals surface area contributed by atoms with Gasteiger partial charge in [0.25, 0.3) is 0 Å². The summed E-state index contributed by atoms with van der Waals surface area (Å²) in [4.78, 5) is 12.4. The van der Waals surface area contributed by atoms with E-state index in [1.54, 1.807) is 7.11 Å². The van der Waals surface area contributed by atoms with Crippen molar-refractivity contribution in [2.75, 3.05) is 14.2 Å². The number of benzene rings is 2. The zero-order chi connectivity index (χ0) is 22.7. The van der Waals surface area contributed by atoms with Crippen LogP contribution in [0.15, 0.2) is 36.4 Å². The molecule has 0 amide bonds. The Bertz CT molecular complexity index is 1260. The molecule has 2 unspecified atom stereocenters. The number of ether oxygens (including phenoxy) is 2. The van der Waals surface area contributed by atoms with Gasteiger partial charge in [-0.2, -0.15) is 0 Å². The van der Waals surface area contributed by atoms with Crippen LogP contribution in [0.2, 0.25) is 0 Å². The van der Waals surface area contributed by atoms with Crippen molar-refractivity contribution in [1.29, 1.82) is 0 Å². The lowest BCUT2D eigenvalue weighted by Crippen LogP contribution is -2.15. The molecule has 3 aliphatic rings. The maximum absolute atomic E-state index is 12.4. The van der Waals surface area contributed by atoms with Gasteiger partial charge < -0.3 is 18.6 Å². The van der Waals surface area contributed by atoms with Crippen molar-refractivity contribution in [2.24, 2.45) is 0 Å². The summed E-state index contributed by atoms with van der Waals surface area (Å²) in [7, 11) is 3.13. The number of rotatable bonds is 4. The lowest BCUT2D eigenvalue weighted by atomic mass is 9.81. The second-order valence-corrected chi connectivity index (χ2v) is 10.8. The predicted octanol–water partition coefficient (Wildman–Crippen LogP) is 6.60.